The number of hydrogen-bond donors (Lipinski definition) is 1. The van der Waals surface area contributed by atoms with Crippen LogP contribution in [0.5, 0.6) is 0 Å². The van der Waals surface area contributed by atoms with Crippen molar-refractivity contribution < 1.29 is 33.8 Å². The van der Waals surface area contributed by atoms with E-state index in [4.69, 9.17) is 9.47 Å². The maximum absolute atomic E-state index is 12.7. The van der Waals surface area contributed by atoms with Gasteiger partial charge in [0.15, 0.2) is 5.69 Å². The summed E-state index contributed by atoms with van der Waals surface area (Å²) < 4.78 is 11.6. The fourth-order valence-corrected chi connectivity index (χ4v) is 4.87. The van der Waals surface area contributed by atoms with Crippen LogP contribution in [0, 0.1) is 0 Å². The molecule has 1 aliphatic rings. The van der Waals surface area contributed by atoms with Crippen LogP contribution in [0.4, 0.5) is 4.79 Å². The van der Waals surface area contributed by atoms with Crippen molar-refractivity contribution in [2.24, 2.45) is 0 Å². The van der Waals surface area contributed by atoms with E-state index < -0.39 is 29.8 Å². The SMILES string of the molecule is C=C(C)[C@@H](C[C@@H](OCCCN1C(=O)c2ccccc2C1=O)c1nc(C(=O)O)cs1)N(C)C(=O)OC(C)(C)C. The van der Waals surface area contributed by atoms with E-state index in [0.717, 1.165) is 11.3 Å². The molecular weight excluding hydrogens is 510 g/mol. The van der Waals surface area contributed by atoms with Crippen LogP contribution in [-0.4, -0.2) is 75.6 Å². The summed E-state index contributed by atoms with van der Waals surface area (Å²) in [5.74, 6) is -1.83. The third-order valence-corrected chi connectivity index (χ3v) is 6.83. The molecule has 0 saturated heterocycles. The number of aromatic carboxylic acids is 1. The van der Waals surface area contributed by atoms with Gasteiger partial charge in [0.2, 0.25) is 0 Å². The van der Waals surface area contributed by atoms with E-state index >= 15 is 0 Å². The molecule has 1 aromatic carbocycles. The number of hydrogen-bond acceptors (Lipinski definition) is 8. The fraction of sp³-hybridized carbons (Fsp3) is 0.444. The Morgan fingerprint density at radius 2 is 1.79 bits per heavy atom. The number of fused-ring (bicyclic) bond motifs is 1. The molecule has 0 saturated carbocycles. The van der Waals surface area contributed by atoms with Gasteiger partial charge in [0.1, 0.15) is 16.7 Å². The summed E-state index contributed by atoms with van der Waals surface area (Å²) in [6.45, 7) is 11.5. The highest BCUT2D eigenvalue weighted by Gasteiger charge is 2.35. The van der Waals surface area contributed by atoms with Crippen LogP contribution in [0.2, 0.25) is 0 Å². The molecule has 38 heavy (non-hydrogen) atoms. The number of carbonyl (C=O) groups is 4. The second kappa shape index (κ2) is 11.9. The Kier molecular flexibility index (Phi) is 9.05. The standard InChI is InChI=1S/C27H33N3O7S/c1-16(2)20(29(6)26(35)37-27(3,4)5)14-21(22-28-19(15-38-22)25(33)34)36-13-9-12-30-23(31)17-10-7-8-11-18(17)24(30)32/h7-8,10-11,15,20-21H,1,9,12-14H2,2-6H3,(H,33,34)/t20-,21-/m1/s1. The molecule has 1 aliphatic heterocycles. The minimum Gasteiger partial charge on any atom is -0.476 e. The van der Waals surface area contributed by atoms with Gasteiger partial charge in [0.25, 0.3) is 11.8 Å². The molecule has 0 unspecified atom stereocenters. The molecule has 1 aromatic heterocycles. The number of carboxylic acids is 1. The maximum atomic E-state index is 12.7. The van der Waals surface area contributed by atoms with Crippen molar-refractivity contribution in [2.75, 3.05) is 20.2 Å². The summed E-state index contributed by atoms with van der Waals surface area (Å²) in [7, 11) is 1.61. The number of likely N-dealkylation sites (N-methyl/N-ethyl adjacent to an activating group) is 1. The molecule has 0 aliphatic carbocycles. The van der Waals surface area contributed by atoms with Crippen molar-refractivity contribution in [1.29, 1.82) is 0 Å². The topological polar surface area (TPSA) is 126 Å². The van der Waals surface area contributed by atoms with Crippen LogP contribution in [0.25, 0.3) is 0 Å². The van der Waals surface area contributed by atoms with Crippen molar-refractivity contribution in [3.05, 3.63) is 63.6 Å². The van der Waals surface area contributed by atoms with Crippen LogP contribution in [-0.2, 0) is 9.47 Å². The van der Waals surface area contributed by atoms with Gasteiger partial charge in [-0.2, -0.15) is 0 Å². The third kappa shape index (κ3) is 6.84. The molecule has 11 heteroatoms. The van der Waals surface area contributed by atoms with Crippen LogP contribution in [0.1, 0.15) is 82.9 Å². The van der Waals surface area contributed by atoms with Gasteiger partial charge in [-0.1, -0.05) is 24.3 Å². The van der Waals surface area contributed by atoms with E-state index in [-0.39, 0.29) is 37.1 Å². The number of aromatic nitrogens is 1. The summed E-state index contributed by atoms with van der Waals surface area (Å²) in [6.07, 6.45) is -0.578. The van der Waals surface area contributed by atoms with Gasteiger partial charge in [0.05, 0.1) is 17.2 Å². The largest absolute Gasteiger partial charge is 0.476 e. The van der Waals surface area contributed by atoms with Crippen molar-refractivity contribution in [3.63, 3.8) is 0 Å². The van der Waals surface area contributed by atoms with E-state index in [2.05, 4.69) is 11.6 Å². The van der Waals surface area contributed by atoms with E-state index in [0.29, 0.717) is 28.1 Å². The van der Waals surface area contributed by atoms with Gasteiger partial charge in [-0.05, 0) is 46.2 Å². The zero-order valence-corrected chi connectivity index (χ0v) is 23.0. The lowest BCUT2D eigenvalue weighted by Crippen LogP contribution is -2.42. The predicted molar refractivity (Wildman–Crippen MR) is 141 cm³/mol. The molecular formula is C27H33N3O7S. The maximum Gasteiger partial charge on any atom is 0.410 e. The average Bonchev–Trinajstić information content (AvgIpc) is 3.42. The molecule has 0 fully saturated rings. The second-order valence-electron chi connectivity index (χ2n) is 10.1. The normalized spacial score (nSPS) is 14.7. The molecule has 0 bridgehead atoms. The van der Waals surface area contributed by atoms with Crippen LogP contribution >= 0.6 is 11.3 Å². The van der Waals surface area contributed by atoms with E-state index in [9.17, 15) is 24.3 Å². The summed E-state index contributed by atoms with van der Waals surface area (Å²) in [6, 6.07) is 6.20. The number of nitrogens with zero attached hydrogens (tertiary/aromatic N) is 3. The molecule has 2 aromatic rings. The molecule has 1 N–H and O–H groups in total. The minimum absolute atomic E-state index is 0.100. The van der Waals surface area contributed by atoms with Crippen LogP contribution < -0.4 is 0 Å². The zero-order chi connectivity index (χ0) is 28.2. The lowest BCUT2D eigenvalue weighted by atomic mass is 10.0. The number of benzene rings is 1. The molecule has 0 spiro atoms. The molecule has 3 amide bonds. The Labute approximate surface area is 225 Å². The first kappa shape index (κ1) is 29.0. The Bertz CT molecular complexity index is 1200. The first-order valence-electron chi connectivity index (χ1n) is 12.2. The monoisotopic (exact) mass is 543 g/mol. The predicted octanol–water partition coefficient (Wildman–Crippen LogP) is 4.79. The number of imide groups is 1. The highest BCUT2D eigenvalue weighted by Crippen LogP contribution is 2.31. The minimum atomic E-state index is -1.15. The quantitative estimate of drug-likeness (QED) is 0.244. The van der Waals surface area contributed by atoms with Gasteiger partial charge in [0, 0.05) is 32.0 Å². The first-order chi connectivity index (χ1) is 17.8. The second-order valence-corrected chi connectivity index (χ2v) is 11.0. The highest BCUT2D eigenvalue weighted by molar-refractivity contribution is 7.09. The summed E-state index contributed by atoms with van der Waals surface area (Å²) in [5, 5.41) is 11.2. The zero-order valence-electron chi connectivity index (χ0n) is 22.2. The number of thiazole rings is 1. The van der Waals surface area contributed by atoms with Crippen molar-refractivity contribution in [1.82, 2.24) is 14.8 Å². The third-order valence-electron chi connectivity index (χ3n) is 5.89. The first-order valence-corrected chi connectivity index (χ1v) is 13.0. The number of amides is 3. The van der Waals surface area contributed by atoms with E-state index in [1.54, 1.807) is 59.0 Å². The van der Waals surface area contributed by atoms with Gasteiger partial charge in [-0.3, -0.25) is 14.5 Å². The number of carbonyl (C=O) groups excluding carboxylic acids is 3. The van der Waals surface area contributed by atoms with Gasteiger partial charge >= 0.3 is 12.1 Å². The van der Waals surface area contributed by atoms with E-state index in [1.165, 1.54) is 15.2 Å². The number of rotatable bonds is 11. The molecule has 2 atom stereocenters. The van der Waals surface area contributed by atoms with Crippen LogP contribution in [0.15, 0.2) is 41.8 Å². The highest BCUT2D eigenvalue weighted by atomic mass is 32.1. The Morgan fingerprint density at radius 3 is 2.29 bits per heavy atom. The summed E-state index contributed by atoms with van der Waals surface area (Å²) in [5.41, 5.74) is 0.672. The lowest BCUT2D eigenvalue weighted by molar-refractivity contribution is 0.00735. The van der Waals surface area contributed by atoms with Crippen molar-refractivity contribution in [2.45, 2.75) is 58.3 Å². The molecule has 10 nitrogen and oxygen atoms in total. The number of ether oxygens (including phenoxy) is 2. The Morgan fingerprint density at radius 1 is 1.18 bits per heavy atom. The smallest absolute Gasteiger partial charge is 0.410 e. The van der Waals surface area contributed by atoms with Gasteiger partial charge in [-0.25, -0.2) is 14.6 Å². The summed E-state index contributed by atoms with van der Waals surface area (Å²) >= 11 is 1.15. The average molecular weight is 544 g/mol. The Balaban J connectivity index is 1.71. The van der Waals surface area contributed by atoms with Crippen molar-refractivity contribution in [3.8, 4) is 0 Å². The fourth-order valence-electron chi connectivity index (χ4n) is 4.02. The Hall–Kier alpha value is -3.57. The van der Waals surface area contributed by atoms with Gasteiger partial charge < -0.3 is 19.5 Å². The van der Waals surface area contributed by atoms with Crippen molar-refractivity contribution >= 4 is 35.2 Å². The molecule has 0 radical (unpaired) electrons. The van der Waals surface area contributed by atoms with Crippen LogP contribution in [0.3, 0.4) is 0 Å². The molecule has 204 valence electrons. The van der Waals surface area contributed by atoms with E-state index in [1.807, 2.05) is 0 Å². The lowest BCUT2D eigenvalue weighted by Gasteiger charge is -2.33. The number of carboxylic acid groups (broad SMARTS) is 1. The van der Waals surface area contributed by atoms with Gasteiger partial charge in [-0.15, -0.1) is 11.3 Å². The molecule has 2 heterocycles. The summed E-state index contributed by atoms with van der Waals surface area (Å²) in [4.78, 5) is 56.2. The molecule has 3 rings (SSSR count).